The van der Waals surface area contributed by atoms with Crippen molar-refractivity contribution < 1.29 is 13.6 Å². The molecule has 0 radical (unpaired) electrons. The molecule has 0 aliphatic heterocycles. The van der Waals surface area contributed by atoms with E-state index in [-0.39, 0.29) is 12.3 Å². The molecular weight excluding hydrogens is 308 g/mol. The average Bonchev–Trinajstić information content (AvgIpc) is 2.50. The van der Waals surface area contributed by atoms with Gasteiger partial charge in [-0.1, -0.05) is 29.8 Å². The number of carbonyl (C=O) groups is 1. The first-order valence-corrected chi connectivity index (χ1v) is 7.39. The van der Waals surface area contributed by atoms with E-state index < -0.39 is 11.6 Å². The molecule has 0 N–H and O–H groups in total. The summed E-state index contributed by atoms with van der Waals surface area (Å²) in [6, 6.07) is 10.8. The Balaban J connectivity index is 2.09. The van der Waals surface area contributed by atoms with Crippen LogP contribution in [0.2, 0.25) is 5.02 Å². The molecule has 0 spiro atoms. The van der Waals surface area contributed by atoms with E-state index in [0.717, 1.165) is 17.7 Å². The van der Waals surface area contributed by atoms with Crippen molar-refractivity contribution in [2.75, 3.05) is 11.4 Å². The van der Waals surface area contributed by atoms with Gasteiger partial charge in [0, 0.05) is 29.7 Å². The second kappa shape index (κ2) is 7.36. The number of halogens is 3. The maximum absolute atomic E-state index is 13.3. The van der Waals surface area contributed by atoms with Gasteiger partial charge in [-0.25, -0.2) is 8.78 Å². The highest BCUT2D eigenvalue weighted by molar-refractivity contribution is 6.31. The Bertz CT molecular complexity index is 675. The predicted molar refractivity (Wildman–Crippen MR) is 84.2 cm³/mol. The Kier molecular flexibility index (Phi) is 5.50. The summed E-state index contributed by atoms with van der Waals surface area (Å²) in [5, 5.41) is 0.617. The number of nitrogens with zero attached hydrogens (tertiary/aromatic N) is 1. The molecule has 0 atom stereocenters. The first kappa shape index (κ1) is 16.4. The summed E-state index contributed by atoms with van der Waals surface area (Å²) < 4.78 is 26.3. The molecule has 0 bridgehead atoms. The first-order chi connectivity index (χ1) is 10.5. The van der Waals surface area contributed by atoms with Crippen molar-refractivity contribution in [2.24, 2.45) is 0 Å². The highest BCUT2D eigenvalue weighted by atomic mass is 35.5. The van der Waals surface area contributed by atoms with Crippen molar-refractivity contribution in [3.05, 3.63) is 64.7 Å². The van der Waals surface area contributed by atoms with Crippen molar-refractivity contribution in [1.82, 2.24) is 0 Å². The van der Waals surface area contributed by atoms with Crippen LogP contribution in [0, 0.1) is 11.6 Å². The summed E-state index contributed by atoms with van der Waals surface area (Å²) in [4.78, 5) is 13.8. The van der Waals surface area contributed by atoms with Crippen LogP contribution in [0.5, 0.6) is 0 Å². The lowest BCUT2D eigenvalue weighted by atomic mass is 10.1. The minimum Gasteiger partial charge on any atom is -0.313 e. The highest BCUT2D eigenvalue weighted by Gasteiger charge is 2.16. The average molecular weight is 324 g/mol. The summed E-state index contributed by atoms with van der Waals surface area (Å²) in [5.74, 6) is -2.05. The molecule has 2 nitrogen and oxygen atoms in total. The number of hydrogen-bond donors (Lipinski definition) is 0. The van der Waals surface area contributed by atoms with Gasteiger partial charge >= 0.3 is 0 Å². The van der Waals surface area contributed by atoms with Crippen LogP contribution in [-0.4, -0.2) is 12.5 Å². The molecule has 0 aliphatic carbocycles. The van der Waals surface area contributed by atoms with Gasteiger partial charge in [0.1, 0.15) is 0 Å². The second-order valence-corrected chi connectivity index (χ2v) is 5.24. The lowest BCUT2D eigenvalue weighted by molar-refractivity contribution is -0.118. The maximum atomic E-state index is 13.3. The number of amides is 1. The van der Waals surface area contributed by atoms with E-state index in [2.05, 4.69) is 0 Å². The van der Waals surface area contributed by atoms with Crippen molar-refractivity contribution in [1.29, 1.82) is 0 Å². The number of carbonyl (C=O) groups excluding carboxylic acids is 1. The van der Waals surface area contributed by atoms with E-state index in [1.165, 1.54) is 11.0 Å². The van der Waals surface area contributed by atoms with Gasteiger partial charge in [-0.15, -0.1) is 0 Å². The van der Waals surface area contributed by atoms with Crippen LogP contribution in [0.4, 0.5) is 14.5 Å². The number of anilines is 1. The first-order valence-electron chi connectivity index (χ1n) is 7.01. The zero-order valence-electron chi connectivity index (χ0n) is 12.2. The van der Waals surface area contributed by atoms with E-state index in [1.807, 2.05) is 18.2 Å². The van der Waals surface area contributed by atoms with Crippen molar-refractivity contribution in [3.8, 4) is 0 Å². The lowest BCUT2D eigenvalue weighted by Gasteiger charge is -2.21. The van der Waals surface area contributed by atoms with E-state index in [1.54, 1.807) is 13.0 Å². The molecule has 0 fully saturated rings. The fourth-order valence-corrected chi connectivity index (χ4v) is 2.46. The minimum absolute atomic E-state index is 0.159. The van der Waals surface area contributed by atoms with Crippen LogP contribution in [0.25, 0.3) is 0 Å². The molecule has 0 saturated heterocycles. The summed E-state index contributed by atoms with van der Waals surface area (Å²) in [6.45, 7) is 2.17. The van der Waals surface area contributed by atoms with Crippen LogP contribution < -0.4 is 4.90 Å². The van der Waals surface area contributed by atoms with Gasteiger partial charge in [0.25, 0.3) is 0 Å². The van der Waals surface area contributed by atoms with Gasteiger partial charge in [0.15, 0.2) is 11.6 Å². The zero-order valence-corrected chi connectivity index (χ0v) is 12.9. The third-order valence-electron chi connectivity index (χ3n) is 3.40. The Morgan fingerprint density at radius 3 is 2.50 bits per heavy atom. The summed E-state index contributed by atoms with van der Waals surface area (Å²) in [5.41, 5.74) is 1.24. The summed E-state index contributed by atoms with van der Waals surface area (Å²) in [7, 11) is 0. The van der Waals surface area contributed by atoms with Crippen LogP contribution in [0.3, 0.4) is 0 Å². The van der Waals surface area contributed by atoms with E-state index >= 15 is 0 Å². The van der Waals surface area contributed by atoms with Crippen LogP contribution >= 0.6 is 11.6 Å². The number of benzene rings is 2. The monoisotopic (exact) mass is 323 g/mol. The normalized spacial score (nSPS) is 10.5. The number of rotatable bonds is 5. The highest BCUT2D eigenvalue weighted by Crippen LogP contribution is 2.21. The van der Waals surface area contributed by atoms with Crippen molar-refractivity contribution in [3.63, 3.8) is 0 Å². The lowest BCUT2D eigenvalue weighted by Crippen LogP contribution is -2.30. The Morgan fingerprint density at radius 2 is 1.86 bits per heavy atom. The van der Waals surface area contributed by atoms with Gasteiger partial charge in [0.05, 0.1) is 0 Å². The molecule has 2 rings (SSSR count). The standard InChI is InChI=1S/C17H16ClF2NO/c1-2-21(13-8-9-15(19)16(20)11-13)17(22)10-7-12-5-3-4-6-14(12)18/h3-6,8-9,11H,2,7,10H2,1H3. The van der Waals surface area contributed by atoms with Gasteiger partial charge < -0.3 is 4.90 Å². The third kappa shape index (κ3) is 3.83. The van der Waals surface area contributed by atoms with Crippen LogP contribution in [0.1, 0.15) is 18.9 Å². The SMILES string of the molecule is CCN(C(=O)CCc1ccccc1Cl)c1ccc(F)c(F)c1. The van der Waals surface area contributed by atoms with Crippen molar-refractivity contribution >= 4 is 23.2 Å². The zero-order chi connectivity index (χ0) is 16.1. The molecule has 0 aliphatic rings. The second-order valence-electron chi connectivity index (χ2n) is 4.83. The van der Waals surface area contributed by atoms with Gasteiger partial charge in [-0.05, 0) is 37.1 Å². The maximum Gasteiger partial charge on any atom is 0.227 e. The molecule has 1 amide bonds. The predicted octanol–water partition coefficient (Wildman–Crippen LogP) is 4.60. The van der Waals surface area contributed by atoms with E-state index in [0.29, 0.717) is 23.7 Å². The van der Waals surface area contributed by atoms with Gasteiger partial charge in [-0.2, -0.15) is 0 Å². The molecule has 2 aromatic carbocycles. The Morgan fingerprint density at radius 1 is 1.14 bits per heavy atom. The van der Waals surface area contributed by atoms with Gasteiger partial charge in [0.2, 0.25) is 5.91 Å². The van der Waals surface area contributed by atoms with Crippen LogP contribution in [-0.2, 0) is 11.2 Å². The summed E-state index contributed by atoms with van der Waals surface area (Å²) >= 11 is 6.06. The largest absolute Gasteiger partial charge is 0.313 e. The summed E-state index contributed by atoms with van der Waals surface area (Å²) in [6.07, 6.45) is 0.745. The number of hydrogen-bond acceptors (Lipinski definition) is 1. The van der Waals surface area contributed by atoms with Crippen molar-refractivity contribution in [2.45, 2.75) is 19.8 Å². The van der Waals surface area contributed by atoms with Crippen LogP contribution in [0.15, 0.2) is 42.5 Å². The molecule has 0 unspecified atom stereocenters. The fraction of sp³-hybridized carbons (Fsp3) is 0.235. The topological polar surface area (TPSA) is 20.3 Å². The minimum atomic E-state index is -0.963. The molecule has 0 saturated carbocycles. The van der Waals surface area contributed by atoms with Gasteiger partial charge in [-0.3, -0.25) is 4.79 Å². The smallest absolute Gasteiger partial charge is 0.227 e. The Labute approximate surface area is 133 Å². The third-order valence-corrected chi connectivity index (χ3v) is 3.77. The van der Waals surface area contributed by atoms with E-state index in [9.17, 15) is 13.6 Å². The molecule has 0 aromatic heterocycles. The molecule has 5 heteroatoms. The molecule has 2 aromatic rings. The fourth-order valence-electron chi connectivity index (χ4n) is 2.23. The molecule has 116 valence electrons. The molecule has 0 heterocycles. The molecular formula is C17H16ClF2NO. The number of aryl methyl sites for hydroxylation is 1. The Hall–Kier alpha value is -1.94. The molecule has 22 heavy (non-hydrogen) atoms. The quantitative estimate of drug-likeness (QED) is 0.787. The van der Waals surface area contributed by atoms with E-state index in [4.69, 9.17) is 11.6 Å².